The molecule has 0 aliphatic heterocycles. The zero-order chi connectivity index (χ0) is 21.0. The molecule has 7 nitrogen and oxygen atoms in total. The third kappa shape index (κ3) is 5.55. The molecule has 0 saturated heterocycles. The van der Waals surface area contributed by atoms with Crippen LogP contribution >= 0.6 is 23.1 Å². The second-order valence-electron chi connectivity index (χ2n) is 6.33. The van der Waals surface area contributed by atoms with E-state index in [4.69, 9.17) is 0 Å². The molecule has 1 aromatic heterocycles. The first-order chi connectivity index (χ1) is 13.7. The Labute approximate surface area is 178 Å². The van der Waals surface area contributed by atoms with Crippen LogP contribution in [0.5, 0.6) is 0 Å². The Kier molecular flexibility index (Phi) is 6.56. The Hall–Kier alpha value is -2.43. The number of sulfonamides is 1. The van der Waals surface area contributed by atoms with Crippen LogP contribution in [-0.2, 0) is 15.8 Å². The van der Waals surface area contributed by atoms with Crippen molar-refractivity contribution >= 4 is 49.8 Å². The zero-order valence-corrected chi connectivity index (χ0v) is 18.6. The van der Waals surface area contributed by atoms with E-state index in [1.165, 1.54) is 23.9 Å². The van der Waals surface area contributed by atoms with Crippen molar-refractivity contribution in [2.24, 2.45) is 0 Å². The molecule has 3 aromatic rings. The molecule has 0 bridgehead atoms. The number of benzene rings is 2. The summed E-state index contributed by atoms with van der Waals surface area (Å²) in [6.07, 6.45) is 1.12. The quantitative estimate of drug-likeness (QED) is 0.437. The molecule has 152 valence electrons. The van der Waals surface area contributed by atoms with Crippen LogP contribution in [0, 0.1) is 6.92 Å². The van der Waals surface area contributed by atoms with Crippen LogP contribution in [0.3, 0.4) is 0 Å². The average Bonchev–Trinajstić information content (AvgIpc) is 3.13. The first-order valence-electron chi connectivity index (χ1n) is 8.60. The van der Waals surface area contributed by atoms with Crippen molar-refractivity contribution in [2.75, 3.05) is 22.9 Å². The largest absolute Gasteiger partial charge is 0.296 e. The lowest BCUT2D eigenvalue weighted by Gasteiger charge is -2.19. The van der Waals surface area contributed by atoms with Gasteiger partial charge in [-0.15, -0.1) is 10.2 Å². The fourth-order valence-electron chi connectivity index (χ4n) is 2.48. The molecule has 0 atom stereocenters. The molecular formula is C19H20N4O3S3. The van der Waals surface area contributed by atoms with Crippen LogP contribution in [0.1, 0.15) is 21.5 Å². The normalized spacial score (nSPS) is 11.3. The molecule has 0 fully saturated rings. The molecule has 1 N–H and O–H groups in total. The summed E-state index contributed by atoms with van der Waals surface area (Å²) < 4.78 is 25.6. The molecule has 1 amide bonds. The minimum Gasteiger partial charge on any atom is -0.296 e. The van der Waals surface area contributed by atoms with Crippen LogP contribution in [0.4, 0.5) is 10.8 Å². The number of nitrogens with one attached hydrogen (secondary N) is 1. The fraction of sp³-hybridized carbons (Fsp3) is 0.211. The highest BCUT2D eigenvalue weighted by Crippen LogP contribution is 2.29. The van der Waals surface area contributed by atoms with Crippen molar-refractivity contribution < 1.29 is 13.2 Å². The number of aromatic nitrogens is 2. The topological polar surface area (TPSA) is 92.3 Å². The van der Waals surface area contributed by atoms with Gasteiger partial charge in [-0.05, 0) is 30.2 Å². The van der Waals surface area contributed by atoms with Crippen LogP contribution in [0.15, 0.2) is 52.9 Å². The molecule has 0 spiro atoms. The van der Waals surface area contributed by atoms with Crippen LogP contribution in [0.2, 0.25) is 0 Å². The Morgan fingerprint density at radius 2 is 1.90 bits per heavy atom. The van der Waals surface area contributed by atoms with Gasteiger partial charge in [-0.1, -0.05) is 59.5 Å². The van der Waals surface area contributed by atoms with Gasteiger partial charge < -0.3 is 0 Å². The summed E-state index contributed by atoms with van der Waals surface area (Å²) in [6, 6.07) is 14.9. The van der Waals surface area contributed by atoms with E-state index in [1.54, 1.807) is 36.9 Å². The maximum absolute atomic E-state index is 12.6. The van der Waals surface area contributed by atoms with Gasteiger partial charge in [0.25, 0.3) is 5.91 Å². The minimum atomic E-state index is -3.43. The van der Waals surface area contributed by atoms with Gasteiger partial charge in [0.2, 0.25) is 15.2 Å². The molecule has 29 heavy (non-hydrogen) atoms. The number of aryl methyl sites for hydroxylation is 1. The van der Waals surface area contributed by atoms with Crippen molar-refractivity contribution in [1.82, 2.24) is 10.2 Å². The molecule has 0 unspecified atom stereocenters. The summed E-state index contributed by atoms with van der Waals surface area (Å²) in [5.41, 5.74) is 2.73. The molecule has 0 radical (unpaired) electrons. The molecule has 3 rings (SSSR count). The molecule has 2 aromatic carbocycles. The van der Waals surface area contributed by atoms with Gasteiger partial charge in [-0.3, -0.25) is 14.4 Å². The van der Waals surface area contributed by atoms with Crippen molar-refractivity contribution in [1.29, 1.82) is 0 Å². The summed E-state index contributed by atoms with van der Waals surface area (Å²) in [5.74, 6) is 0.395. The zero-order valence-electron chi connectivity index (χ0n) is 16.1. The summed E-state index contributed by atoms with van der Waals surface area (Å²) in [6.45, 7) is 1.79. The van der Waals surface area contributed by atoms with Crippen molar-refractivity contribution in [2.45, 2.75) is 17.0 Å². The summed E-state index contributed by atoms with van der Waals surface area (Å²) in [5, 5.41) is 11.2. The SMILES string of the molecule is Cc1ccc(C(=O)Nc2nnc(SCc3ccccc3)s2)cc1N(C)S(C)(=O)=O. The Bertz CT molecular complexity index is 1110. The van der Waals surface area contributed by atoms with Crippen molar-refractivity contribution in [3.8, 4) is 0 Å². The highest BCUT2D eigenvalue weighted by atomic mass is 32.2. The number of hydrogen-bond acceptors (Lipinski definition) is 7. The third-order valence-corrected chi connectivity index (χ3v) is 7.37. The molecule has 0 aliphatic rings. The van der Waals surface area contributed by atoms with Crippen LogP contribution in [-0.4, -0.2) is 37.8 Å². The lowest BCUT2D eigenvalue weighted by molar-refractivity contribution is 0.102. The van der Waals surface area contributed by atoms with Gasteiger partial charge in [0.15, 0.2) is 4.34 Å². The lowest BCUT2D eigenvalue weighted by atomic mass is 10.1. The van der Waals surface area contributed by atoms with Gasteiger partial charge in [0, 0.05) is 18.4 Å². The number of thioether (sulfide) groups is 1. The second-order valence-corrected chi connectivity index (χ2v) is 10.5. The van der Waals surface area contributed by atoms with Gasteiger partial charge in [-0.25, -0.2) is 8.42 Å². The van der Waals surface area contributed by atoms with Gasteiger partial charge in [0.1, 0.15) is 0 Å². The van der Waals surface area contributed by atoms with E-state index in [-0.39, 0.29) is 5.91 Å². The average molecular weight is 449 g/mol. The number of nitrogens with zero attached hydrogens (tertiary/aromatic N) is 3. The first kappa shape index (κ1) is 21.3. The second kappa shape index (κ2) is 8.93. The van der Waals surface area contributed by atoms with E-state index in [0.717, 1.165) is 26.2 Å². The lowest BCUT2D eigenvalue weighted by Crippen LogP contribution is -2.26. The van der Waals surface area contributed by atoms with Crippen molar-refractivity contribution in [3.05, 3.63) is 65.2 Å². The molecule has 1 heterocycles. The fourth-order valence-corrected chi connectivity index (χ4v) is 4.73. The van der Waals surface area contributed by atoms with Gasteiger partial charge >= 0.3 is 0 Å². The standard InChI is InChI=1S/C19H20N4O3S3/c1-13-9-10-15(11-16(13)23(2)29(3,25)26)17(24)20-18-21-22-19(28-18)27-12-14-7-5-4-6-8-14/h4-11H,12H2,1-3H3,(H,20,21,24). The van der Waals surface area contributed by atoms with E-state index in [0.29, 0.717) is 16.4 Å². The summed E-state index contributed by atoms with van der Waals surface area (Å²) in [4.78, 5) is 12.6. The first-order valence-corrected chi connectivity index (χ1v) is 12.3. The Balaban J connectivity index is 1.68. The Morgan fingerprint density at radius 3 is 2.59 bits per heavy atom. The Morgan fingerprint density at radius 1 is 1.17 bits per heavy atom. The molecule has 10 heteroatoms. The van der Waals surface area contributed by atoms with E-state index in [2.05, 4.69) is 15.5 Å². The van der Waals surface area contributed by atoms with Gasteiger partial charge in [-0.2, -0.15) is 0 Å². The van der Waals surface area contributed by atoms with Crippen molar-refractivity contribution in [3.63, 3.8) is 0 Å². The van der Waals surface area contributed by atoms with Crippen LogP contribution < -0.4 is 9.62 Å². The summed E-state index contributed by atoms with van der Waals surface area (Å²) >= 11 is 2.84. The predicted octanol–water partition coefficient (Wildman–Crippen LogP) is 3.79. The number of hydrogen-bond donors (Lipinski definition) is 1. The highest BCUT2D eigenvalue weighted by molar-refractivity contribution is 8.00. The molecule has 0 saturated carbocycles. The number of anilines is 2. The molecule has 0 aliphatic carbocycles. The monoisotopic (exact) mass is 448 g/mol. The number of carbonyl (C=O) groups is 1. The van der Waals surface area contributed by atoms with Gasteiger partial charge in [0.05, 0.1) is 11.9 Å². The number of amides is 1. The number of rotatable bonds is 7. The van der Waals surface area contributed by atoms with E-state index in [1.807, 2.05) is 30.3 Å². The predicted molar refractivity (Wildman–Crippen MR) is 118 cm³/mol. The minimum absolute atomic E-state index is 0.342. The van der Waals surface area contributed by atoms with E-state index < -0.39 is 10.0 Å². The van der Waals surface area contributed by atoms with E-state index in [9.17, 15) is 13.2 Å². The maximum atomic E-state index is 12.6. The van der Waals surface area contributed by atoms with E-state index >= 15 is 0 Å². The smallest absolute Gasteiger partial charge is 0.257 e. The maximum Gasteiger partial charge on any atom is 0.257 e. The highest BCUT2D eigenvalue weighted by Gasteiger charge is 2.17. The summed E-state index contributed by atoms with van der Waals surface area (Å²) in [7, 11) is -1.97. The van der Waals surface area contributed by atoms with Crippen LogP contribution in [0.25, 0.3) is 0 Å². The molecular weight excluding hydrogens is 428 g/mol. The number of carbonyl (C=O) groups excluding carboxylic acids is 1. The third-order valence-electron chi connectivity index (χ3n) is 4.14.